The Morgan fingerprint density at radius 3 is 1.28 bits per heavy atom. The summed E-state index contributed by atoms with van der Waals surface area (Å²) in [7, 11) is 10.5. The summed E-state index contributed by atoms with van der Waals surface area (Å²) in [4.78, 5) is 102. The number of nitrogens with two attached hydrogens (primary N) is 3. The van der Waals surface area contributed by atoms with E-state index in [-0.39, 0.29) is 61.9 Å². The van der Waals surface area contributed by atoms with Crippen LogP contribution in [0.4, 0.5) is 33.8 Å². The highest BCUT2D eigenvalue weighted by Crippen LogP contribution is 2.34. The molecule has 0 radical (unpaired) electrons. The third-order valence-electron chi connectivity index (χ3n) is 17.7. The van der Waals surface area contributed by atoms with Crippen LogP contribution in [0.5, 0.6) is 11.8 Å². The predicted octanol–water partition coefficient (Wildman–Crippen LogP) is 10.1. The number of aliphatic hydroxyl groups is 2. The zero-order valence-electron chi connectivity index (χ0n) is 69.1. The number of imidazole rings is 2. The van der Waals surface area contributed by atoms with Gasteiger partial charge in [0.05, 0.1) is 57.1 Å². The highest BCUT2D eigenvalue weighted by molar-refractivity contribution is 7.17. The zero-order chi connectivity index (χ0) is 89.0. The number of thiophene rings is 3. The summed E-state index contributed by atoms with van der Waals surface area (Å²) in [6.07, 6.45) is 6.58. The number of nitriles is 2. The van der Waals surface area contributed by atoms with Crippen molar-refractivity contribution in [3.63, 3.8) is 0 Å². The van der Waals surface area contributed by atoms with Gasteiger partial charge in [-0.1, -0.05) is 84.9 Å². The van der Waals surface area contributed by atoms with Gasteiger partial charge in [-0.3, -0.25) is 19.2 Å². The zero-order valence-corrected chi connectivity index (χ0v) is 71.6. The number of alkyl carbamates (subject to hydrolysis) is 1. The molecule has 124 heavy (non-hydrogen) atoms. The SMILES string of the molecule is CN(CCO)c1ccc(-c2ccc(C=O)s2)cc1.COCCNC(=O)/C(C#N)=C/c1ccc(-c2ccc(N(C)CCO)cc2)s1.COCCNC(=O)/C(C#N)=C/c1ccc(-c2ccc(N(C)CCOC(=O)NCc3ccc(COc4nc(N)nc5nc[nH]c45)cc3)cc2)s1.NCc1ccc(COc2nc(N)nc3nc[nH]c23)cc1.[C-]#[N+]CC(=O)NCCOC. The second-order valence-electron chi connectivity index (χ2n) is 26.5. The highest BCUT2D eigenvalue weighted by Gasteiger charge is 2.17. The number of anilines is 5. The van der Waals surface area contributed by atoms with E-state index in [1.165, 1.54) is 46.7 Å². The number of ether oxygens (including phenoxy) is 6. The van der Waals surface area contributed by atoms with Crippen LogP contribution in [0.2, 0.25) is 0 Å². The Balaban J connectivity index is 0.000000213. The van der Waals surface area contributed by atoms with Crippen LogP contribution in [-0.4, -0.2) is 208 Å². The van der Waals surface area contributed by atoms with Gasteiger partial charge in [0.25, 0.3) is 24.3 Å². The molecule has 14 N–H and O–H groups in total. The maximum Gasteiger partial charge on any atom is 0.407 e. The van der Waals surface area contributed by atoms with E-state index < -0.39 is 17.9 Å². The molecule has 12 aromatic rings. The molecule has 0 saturated heterocycles. The van der Waals surface area contributed by atoms with Gasteiger partial charge in [-0.25, -0.2) is 21.3 Å². The largest absolute Gasteiger partial charge is 0.471 e. The van der Waals surface area contributed by atoms with E-state index in [1.54, 1.807) is 33.5 Å². The Labute approximate surface area is 728 Å². The number of likely N-dealkylation sites (N-methyl/N-ethyl adjacent to an activating group) is 3. The molecule has 0 atom stereocenters. The number of methoxy groups -OCH3 is 3. The number of rotatable bonds is 37. The molecule has 12 rings (SSSR count). The van der Waals surface area contributed by atoms with Crippen LogP contribution in [0.3, 0.4) is 0 Å². The number of aliphatic hydroxyl groups excluding tert-OH is 2. The Kier molecular flexibility index (Phi) is 39.7. The van der Waals surface area contributed by atoms with Gasteiger partial charge in [0, 0.05) is 130 Å². The normalized spacial score (nSPS) is 10.8. The van der Waals surface area contributed by atoms with E-state index in [0.29, 0.717) is 113 Å². The average Bonchev–Trinajstić information content (AvgIpc) is 1.67. The van der Waals surface area contributed by atoms with Crippen LogP contribution in [-0.2, 0) is 59.6 Å². The van der Waals surface area contributed by atoms with E-state index >= 15 is 0 Å². The van der Waals surface area contributed by atoms with E-state index in [9.17, 15) is 34.5 Å². The third-order valence-corrected chi connectivity index (χ3v) is 20.9. The monoisotopic (exact) mass is 1740 g/mol. The van der Waals surface area contributed by atoms with Crippen molar-refractivity contribution >= 4 is 128 Å². The molecule has 34 nitrogen and oxygen atoms in total. The lowest BCUT2D eigenvalue weighted by molar-refractivity contribution is -0.119. The Morgan fingerprint density at radius 2 is 0.903 bits per heavy atom. The Bertz CT molecular complexity index is 5560. The van der Waals surface area contributed by atoms with Gasteiger partial charge in [0.2, 0.25) is 23.7 Å². The van der Waals surface area contributed by atoms with Gasteiger partial charge in [-0.2, -0.15) is 30.5 Å². The second-order valence-corrected chi connectivity index (χ2v) is 29.8. The quantitative estimate of drug-likeness (QED) is 0.00566. The fourth-order valence-corrected chi connectivity index (χ4v) is 13.7. The van der Waals surface area contributed by atoms with Crippen LogP contribution >= 0.6 is 34.0 Å². The number of benzene rings is 5. The number of nitrogens with one attached hydrogen (secondary N) is 6. The van der Waals surface area contributed by atoms with Crippen LogP contribution < -0.4 is 62.6 Å². The van der Waals surface area contributed by atoms with E-state index in [2.05, 4.69) is 70.7 Å². The molecule has 0 aliphatic rings. The summed E-state index contributed by atoms with van der Waals surface area (Å²) in [5.74, 6) is -0.134. The summed E-state index contributed by atoms with van der Waals surface area (Å²) in [5.41, 5.74) is 29.3. The molecule has 7 heterocycles. The van der Waals surface area contributed by atoms with Crippen LogP contribution in [0.1, 0.15) is 41.7 Å². The number of nitrogen functional groups attached to an aromatic ring is 2. The summed E-state index contributed by atoms with van der Waals surface area (Å²) in [6, 6.07) is 55.0. The minimum Gasteiger partial charge on any atom is -0.471 e. The highest BCUT2D eigenvalue weighted by atomic mass is 32.1. The number of H-pyrrole nitrogens is 2. The Morgan fingerprint density at radius 1 is 0.516 bits per heavy atom. The number of aromatic amines is 2. The van der Waals surface area contributed by atoms with Crippen molar-refractivity contribution in [3.05, 3.63) is 230 Å². The van der Waals surface area contributed by atoms with Crippen molar-refractivity contribution < 1.29 is 62.6 Å². The first-order valence-electron chi connectivity index (χ1n) is 38.5. The average molecular weight is 1740 g/mol. The molecule has 0 saturated carbocycles. The summed E-state index contributed by atoms with van der Waals surface area (Å²) >= 11 is 4.49. The maximum atomic E-state index is 12.3. The number of fused-ring (bicyclic) bond motifs is 2. The first kappa shape index (κ1) is 95.4. The molecule has 0 bridgehead atoms. The fraction of sp³-hybridized carbons (Fsp3) is 0.264. The van der Waals surface area contributed by atoms with Crippen molar-refractivity contribution in [1.82, 2.24) is 61.1 Å². The lowest BCUT2D eigenvalue weighted by atomic mass is 10.1. The van der Waals surface area contributed by atoms with E-state index in [0.717, 1.165) is 91.6 Å². The molecule has 7 aromatic heterocycles. The first-order chi connectivity index (χ1) is 60.2. The number of amides is 4. The van der Waals surface area contributed by atoms with Crippen molar-refractivity contribution in [2.75, 3.05) is 154 Å². The molecule has 0 spiro atoms. The number of carbonyl (C=O) groups excluding carboxylic acids is 5. The van der Waals surface area contributed by atoms with Crippen LogP contribution in [0.25, 0.3) is 70.6 Å². The van der Waals surface area contributed by atoms with Gasteiger partial charge < -0.3 is 107 Å². The summed E-state index contributed by atoms with van der Waals surface area (Å²) in [5, 5.41) is 47.1. The molecular formula is C87H97N21O13S3. The predicted molar refractivity (Wildman–Crippen MR) is 482 cm³/mol. The lowest BCUT2D eigenvalue weighted by Gasteiger charge is -2.19. The number of carbonyl (C=O) groups is 5. The molecule has 0 aliphatic heterocycles. The number of aromatic nitrogens is 8. The van der Waals surface area contributed by atoms with Crippen molar-refractivity contribution in [2.45, 2.75) is 26.3 Å². The fourth-order valence-electron chi connectivity index (χ4n) is 11.0. The number of hydrogen-bond donors (Lipinski definition) is 11. The van der Waals surface area contributed by atoms with Gasteiger partial charge in [0.1, 0.15) is 54.1 Å². The molecule has 0 fully saturated rings. The third kappa shape index (κ3) is 30.9. The van der Waals surface area contributed by atoms with Gasteiger partial charge in [-0.05, 0) is 124 Å². The topological polar surface area (TPSA) is 478 Å². The number of aldehydes is 1. The van der Waals surface area contributed by atoms with Crippen LogP contribution in [0, 0.1) is 29.2 Å². The number of hydrogen-bond acceptors (Lipinski definition) is 30. The maximum absolute atomic E-state index is 12.3. The minimum atomic E-state index is -0.504. The standard InChI is InChI=1S/C34H35N9O5S.C20H23N3O3S.C14H15NO2S.C13H14N6O.C6H10N2O2/c1-43(26-9-7-24(8-10-26)28-12-11-27(49-28)17-25(18-35)31(44)37-13-15-46-2)14-16-47-34(45)38-19-22-3-5-23(6-4-22)20-48-32-29-30(40-21-39-29)41-33(36)42-32;1-23(10-11-24)17-5-3-15(4-6-17)19-8-7-18(27-19)13-16(14-21)20(25)22-9-12-26-2;1-15(8-9-16)12-4-2-11(3-5-12)14-7-6-13(10-17)18-14;14-5-8-1-3-9(4-2-8)6-20-12-10-11(17-7-16-10)18-13(15)19-12;1-7-5-6(9)8-3-4-10-2/h3-12,17,21H,13-16,19-20H2,1-2H3,(H,37,44)(H,38,45)(H3,36,39,40,41,42);3-8,13,24H,9-12H2,1-2H3,(H,22,25);2-7,10,16H,8-9H2,1H3;1-4,7H,5-6,14H2,(H3,15,16,17,18,19);3-5H2,2H3,(H,8,9)/b25-17+;16-13+;;;. The van der Waals surface area contributed by atoms with Gasteiger partial charge >= 0.3 is 6.09 Å². The molecule has 646 valence electrons. The molecule has 0 unspecified atom stereocenters. The second kappa shape index (κ2) is 51.5. The summed E-state index contributed by atoms with van der Waals surface area (Å²) in [6.45, 7) is 12.3. The van der Waals surface area contributed by atoms with Gasteiger partial charge in [-0.15, -0.1) is 34.0 Å². The van der Waals surface area contributed by atoms with E-state index in [4.69, 9.17) is 57.7 Å². The van der Waals surface area contributed by atoms with E-state index in [1.807, 2.05) is 206 Å². The molecule has 5 aromatic carbocycles. The minimum absolute atomic E-state index is 0.0391. The smallest absolute Gasteiger partial charge is 0.407 e. The molecular weight excluding hydrogens is 1640 g/mol. The molecule has 0 aliphatic carbocycles. The van der Waals surface area contributed by atoms with Crippen molar-refractivity contribution in [2.24, 2.45) is 5.73 Å². The molecule has 37 heteroatoms. The Hall–Kier alpha value is -14.0. The molecule has 4 amide bonds. The summed E-state index contributed by atoms with van der Waals surface area (Å²) < 4.78 is 31.4. The van der Waals surface area contributed by atoms with Crippen molar-refractivity contribution in [3.8, 4) is 55.2 Å². The lowest BCUT2D eigenvalue weighted by Crippen LogP contribution is -2.28. The number of nitrogens with zero attached hydrogens (tertiary/aromatic N) is 12. The van der Waals surface area contributed by atoms with Crippen molar-refractivity contribution in [1.29, 1.82) is 10.5 Å². The van der Waals surface area contributed by atoms with Gasteiger partial charge in [0.15, 0.2) is 17.6 Å². The first-order valence-corrected chi connectivity index (χ1v) is 40.9. The van der Waals surface area contributed by atoms with Crippen LogP contribution in [0.15, 0.2) is 182 Å².